The third-order valence-corrected chi connectivity index (χ3v) is 5.34. The van der Waals surface area contributed by atoms with Gasteiger partial charge in [0.1, 0.15) is 0 Å². The SMILES string of the molecule is CS(=O)(=O)c1cc(C(=O)NCCc2cccs2)ccc1Cl. The Kier molecular flexibility index (Phi) is 5.03. The minimum absolute atomic E-state index is 0.0323. The van der Waals surface area contributed by atoms with Crippen molar-refractivity contribution in [3.63, 3.8) is 0 Å². The molecule has 0 atom stereocenters. The monoisotopic (exact) mass is 343 g/mol. The molecule has 0 saturated heterocycles. The molecular weight excluding hydrogens is 330 g/mol. The number of hydrogen-bond donors (Lipinski definition) is 1. The Morgan fingerprint density at radius 2 is 2.10 bits per heavy atom. The van der Waals surface area contributed by atoms with Gasteiger partial charge < -0.3 is 5.32 Å². The van der Waals surface area contributed by atoms with Crippen LogP contribution >= 0.6 is 22.9 Å². The van der Waals surface area contributed by atoms with Crippen molar-refractivity contribution in [3.05, 3.63) is 51.2 Å². The van der Waals surface area contributed by atoms with E-state index in [1.54, 1.807) is 11.3 Å². The summed E-state index contributed by atoms with van der Waals surface area (Å²) < 4.78 is 23.2. The zero-order chi connectivity index (χ0) is 15.5. The second-order valence-electron chi connectivity index (χ2n) is 4.50. The summed E-state index contributed by atoms with van der Waals surface area (Å²) in [5.74, 6) is -0.312. The van der Waals surface area contributed by atoms with Gasteiger partial charge in [-0.3, -0.25) is 4.79 Å². The van der Waals surface area contributed by atoms with Crippen molar-refractivity contribution in [1.82, 2.24) is 5.32 Å². The van der Waals surface area contributed by atoms with Gasteiger partial charge in [-0.15, -0.1) is 11.3 Å². The van der Waals surface area contributed by atoms with E-state index >= 15 is 0 Å². The van der Waals surface area contributed by atoms with Gasteiger partial charge in [-0.2, -0.15) is 0 Å². The third kappa shape index (κ3) is 4.30. The van der Waals surface area contributed by atoms with Crippen LogP contribution in [0.5, 0.6) is 0 Å². The number of hydrogen-bond acceptors (Lipinski definition) is 4. The summed E-state index contributed by atoms with van der Waals surface area (Å²) in [6.07, 6.45) is 1.81. The van der Waals surface area contributed by atoms with E-state index in [-0.39, 0.29) is 21.4 Å². The predicted molar refractivity (Wildman–Crippen MR) is 84.9 cm³/mol. The summed E-state index contributed by atoms with van der Waals surface area (Å²) in [7, 11) is -3.46. The Hall–Kier alpha value is -1.37. The maximum Gasteiger partial charge on any atom is 0.251 e. The molecule has 0 bridgehead atoms. The van der Waals surface area contributed by atoms with Crippen LogP contribution in [0.2, 0.25) is 5.02 Å². The fourth-order valence-corrected chi connectivity index (χ4v) is 3.80. The number of thiophene rings is 1. The predicted octanol–water partition coefficient (Wildman–Crippen LogP) is 2.78. The molecule has 21 heavy (non-hydrogen) atoms. The van der Waals surface area contributed by atoms with Crippen LogP contribution in [0.15, 0.2) is 40.6 Å². The van der Waals surface area contributed by atoms with Crippen LogP contribution in [0.3, 0.4) is 0 Å². The van der Waals surface area contributed by atoms with Crippen LogP contribution in [-0.4, -0.2) is 27.1 Å². The van der Waals surface area contributed by atoms with E-state index < -0.39 is 9.84 Å². The number of carbonyl (C=O) groups is 1. The lowest BCUT2D eigenvalue weighted by Crippen LogP contribution is -2.25. The number of sulfone groups is 1. The second kappa shape index (κ2) is 6.60. The van der Waals surface area contributed by atoms with Crippen LogP contribution in [0.4, 0.5) is 0 Å². The zero-order valence-corrected chi connectivity index (χ0v) is 13.7. The van der Waals surface area contributed by atoms with Gasteiger partial charge in [0.15, 0.2) is 9.84 Å². The molecule has 0 aliphatic carbocycles. The molecule has 1 aromatic carbocycles. The first-order chi connectivity index (χ1) is 9.88. The first-order valence-electron chi connectivity index (χ1n) is 6.18. The Morgan fingerprint density at radius 1 is 1.33 bits per heavy atom. The fraction of sp³-hybridized carbons (Fsp3) is 0.214. The highest BCUT2D eigenvalue weighted by Crippen LogP contribution is 2.22. The Balaban J connectivity index is 2.06. The van der Waals surface area contributed by atoms with Crippen molar-refractivity contribution >= 4 is 38.7 Å². The van der Waals surface area contributed by atoms with Crippen LogP contribution in [0, 0.1) is 0 Å². The second-order valence-corrected chi connectivity index (χ2v) is 7.93. The van der Waals surface area contributed by atoms with E-state index in [1.807, 2.05) is 17.5 Å². The van der Waals surface area contributed by atoms with Gasteiger partial charge in [-0.05, 0) is 36.1 Å². The number of carbonyl (C=O) groups excluding carboxylic acids is 1. The van der Waals surface area contributed by atoms with Gasteiger partial charge in [0.25, 0.3) is 5.91 Å². The van der Waals surface area contributed by atoms with Crippen molar-refractivity contribution < 1.29 is 13.2 Å². The van der Waals surface area contributed by atoms with Crippen molar-refractivity contribution in [3.8, 4) is 0 Å². The van der Waals surface area contributed by atoms with E-state index in [0.29, 0.717) is 6.54 Å². The first-order valence-corrected chi connectivity index (χ1v) is 9.33. The summed E-state index contributed by atoms with van der Waals surface area (Å²) in [6, 6.07) is 8.20. The largest absolute Gasteiger partial charge is 0.352 e. The number of rotatable bonds is 5. The molecule has 0 spiro atoms. The Morgan fingerprint density at radius 3 is 2.71 bits per heavy atom. The summed E-state index contributed by atoms with van der Waals surface area (Å²) in [5.41, 5.74) is 0.283. The van der Waals surface area contributed by atoms with Gasteiger partial charge in [0.05, 0.1) is 9.92 Å². The average Bonchev–Trinajstić information content (AvgIpc) is 2.91. The minimum Gasteiger partial charge on any atom is -0.352 e. The van der Waals surface area contributed by atoms with E-state index in [9.17, 15) is 13.2 Å². The van der Waals surface area contributed by atoms with Crippen molar-refractivity contribution in [1.29, 1.82) is 0 Å². The molecule has 4 nitrogen and oxygen atoms in total. The lowest BCUT2D eigenvalue weighted by Gasteiger charge is -2.07. The minimum atomic E-state index is -3.46. The van der Waals surface area contributed by atoms with E-state index in [4.69, 9.17) is 11.6 Å². The van der Waals surface area contributed by atoms with Gasteiger partial charge in [0.2, 0.25) is 0 Å². The maximum absolute atomic E-state index is 12.0. The zero-order valence-electron chi connectivity index (χ0n) is 11.3. The number of benzene rings is 1. The number of amides is 1. The third-order valence-electron chi connectivity index (χ3n) is 2.83. The highest BCUT2D eigenvalue weighted by Gasteiger charge is 2.15. The summed E-state index contributed by atoms with van der Waals surface area (Å²) in [5, 5.41) is 4.86. The van der Waals surface area contributed by atoms with Crippen LogP contribution in [0.1, 0.15) is 15.2 Å². The first kappa shape index (κ1) is 16.0. The summed E-state index contributed by atoms with van der Waals surface area (Å²) >= 11 is 7.48. The average molecular weight is 344 g/mol. The molecule has 1 N–H and O–H groups in total. The fourth-order valence-electron chi connectivity index (χ4n) is 1.78. The maximum atomic E-state index is 12.0. The number of nitrogens with one attached hydrogen (secondary N) is 1. The van der Waals surface area contributed by atoms with Crippen molar-refractivity contribution in [2.24, 2.45) is 0 Å². The van der Waals surface area contributed by atoms with Crippen molar-refractivity contribution in [2.45, 2.75) is 11.3 Å². The van der Waals surface area contributed by atoms with Crippen LogP contribution in [-0.2, 0) is 16.3 Å². The van der Waals surface area contributed by atoms with E-state index in [1.165, 1.54) is 23.1 Å². The van der Waals surface area contributed by atoms with Gasteiger partial charge >= 0.3 is 0 Å². The van der Waals surface area contributed by atoms with Crippen LogP contribution < -0.4 is 5.32 Å². The molecule has 0 saturated carbocycles. The molecule has 2 aromatic rings. The molecule has 1 heterocycles. The molecule has 2 rings (SSSR count). The highest BCUT2D eigenvalue weighted by atomic mass is 35.5. The van der Waals surface area contributed by atoms with E-state index in [2.05, 4.69) is 5.32 Å². The molecule has 0 aliphatic heterocycles. The molecule has 0 radical (unpaired) electrons. The molecule has 1 aromatic heterocycles. The smallest absolute Gasteiger partial charge is 0.251 e. The quantitative estimate of drug-likeness (QED) is 0.908. The topological polar surface area (TPSA) is 63.2 Å². The molecule has 7 heteroatoms. The molecule has 0 unspecified atom stereocenters. The standard InChI is InChI=1S/C14H14ClNO3S2/c1-21(18,19)13-9-10(4-5-12(13)15)14(17)16-7-6-11-3-2-8-20-11/h2-5,8-9H,6-7H2,1H3,(H,16,17). The molecular formula is C14H14ClNO3S2. The Bertz CT molecular complexity index is 740. The molecule has 0 aliphatic rings. The van der Waals surface area contributed by atoms with E-state index in [0.717, 1.165) is 12.7 Å². The summed E-state index contributed by atoms with van der Waals surface area (Å²) in [6.45, 7) is 0.496. The number of halogens is 1. The normalized spacial score (nSPS) is 11.3. The molecule has 112 valence electrons. The van der Waals surface area contributed by atoms with Crippen LogP contribution in [0.25, 0.3) is 0 Å². The Labute approximate surface area is 132 Å². The highest BCUT2D eigenvalue weighted by molar-refractivity contribution is 7.90. The lowest BCUT2D eigenvalue weighted by molar-refractivity contribution is 0.0954. The molecule has 0 fully saturated rings. The molecule has 1 amide bonds. The van der Waals surface area contributed by atoms with Gasteiger partial charge in [-0.1, -0.05) is 17.7 Å². The lowest BCUT2D eigenvalue weighted by atomic mass is 10.2. The van der Waals surface area contributed by atoms with Gasteiger partial charge in [0, 0.05) is 23.2 Å². The summed E-state index contributed by atoms with van der Waals surface area (Å²) in [4.78, 5) is 13.2. The van der Waals surface area contributed by atoms with Crippen molar-refractivity contribution in [2.75, 3.05) is 12.8 Å². The van der Waals surface area contributed by atoms with Gasteiger partial charge in [-0.25, -0.2) is 8.42 Å².